The van der Waals surface area contributed by atoms with Crippen molar-refractivity contribution >= 4 is 0 Å². The zero-order chi connectivity index (χ0) is 14.2. The van der Waals surface area contributed by atoms with Crippen LogP contribution in [0.15, 0.2) is 11.8 Å². The number of hydrogen-bond acceptors (Lipinski definition) is 3. The second kappa shape index (κ2) is 8.68. The minimum Gasteiger partial charge on any atom is -0.496 e. The summed E-state index contributed by atoms with van der Waals surface area (Å²) in [7, 11) is 1.86. The monoisotopic (exact) mass is 281 g/mol. The lowest BCUT2D eigenvalue weighted by molar-refractivity contribution is -0.000546. The molecular formula is C17H31NO2. The van der Waals surface area contributed by atoms with Crippen molar-refractivity contribution in [3.8, 4) is 0 Å². The zero-order valence-corrected chi connectivity index (χ0v) is 13.2. The molecule has 0 aromatic rings. The molecule has 0 bridgehead atoms. The zero-order valence-electron chi connectivity index (χ0n) is 13.2. The Balaban J connectivity index is 2.06. The maximum absolute atomic E-state index is 5.93. The highest BCUT2D eigenvalue weighted by Gasteiger charge is 2.33. The van der Waals surface area contributed by atoms with Gasteiger partial charge in [-0.2, -0.15) is 0 Å². The van der Waals surface area contributed by atoms with Gasteiger partial charge in [0.25, 0.3) is 0 Å². The molecule has 2 unspecified atom stereocenters. The lowest BCUT2D eigenvalue weighted by Gasteiger charge is -2.37. The third kappa shape index (κ3) is 4.23. The summed E-state index contributed by atoms with van der Waals surface area (Å²) in [5, 5.41) is 3.67. The van der Waals surface area contributed by atoms with E-state index in [0.29, 0.717) is 5.92 Å². The predicted octanol–water partition coefficient (Wildman–Crippen LogP) is 3.64. The van der Waals surface area contributed by atoms with Crippen LogP contribution in [-0.4, -0.2) is 32.4 Å². The van der Waals surface area contributed by atoms with Gasteiger partial charge in [0.15, 0.2) is 0 Å². The van der Waals surface area contributed by atoms with E-state index in [-0.39, 0.29) is 12.1 Å². The number of methoxy groups -OCH3 is 1. The van der Waals surface area contributed by atoms with Crippen LogP contribution in [0.1, 0.15) is 58.3 Å². The normalized spacial score (nSPS) is 23.8. The van der Waals surface area contributed by atoms with Crippen LogP contribution in [0.25, 0.3) is 0 Å². The Bertz CT molecular complexity index is 297. The van der Waals surface area contributed by atoms with Crippen molar-refractivity contribution in [1.82, 2.24) is 5.32 Å². The minimum absolute atomic E-state index is 0.239. The van der Waals surface area contributed by atoms with E-state index in [1.807, 2.05) is 7.11 Å². The van der Waals surface area contributed by atoms with Gasteiger partial charge in [-0.15, -0.1) is 0 Å². The third-order valence-corrected chi connectivity index (χ3v) is 4.60. The Morgan fingerprint density at radius 2 is 2.10 bits per heavy atom. The maximum atomic E-state index is 5.93. The van der Waals surface area contributed by atoms with Crippen LogP contribution in [0.4, 0.5) is 0 Å². The molecule has 0 saturated heterocycles. The Kier molecular flexibility index (Phi) is 6.88. The Morgan fingerprint density at radius 3 is 2.70 bits per heavy atom. The van der Waals surface area contributed by atoms with E-state index in [0.717, 1.165) is 38.2 Å². The average Bonchev–Trinajstić information content (AvgIpc) is 2.53. The summed E-state index contributed by atoms with van der Waals surface area (Å²) in [6.07, 6.45) is 12.6. The molecule has 2 aliphatic rings. The van der Waals surface area contributed by atoms with Gasteiger partial charge in [-0.25, -0.2) is 0 Å². The molecule has 1 saturated carbocycles. The fourth-order valence-electron chi connectivity index (χ4n) is 3.54. The lowest BCUT2D eigenvalue weighted by atomic mass is 9.81. The first-order chi connectivity index (χ1) is 9.86. The standard InChI is InChI=1S/C17H31NO2/c1-3-12-18-16(15-11-7-8-13-20-15)17(19-2)14-9-5-4-6-10-14/h11,14,16-18H,3-10,12-13H2,1-2H3. The van der Waals surface area contributed by atoms with E-state index in [1.165, 1.54) is 32.1 Å². The fraction of sp³-hybridized carbons (Fsp3) is 0.882. The summed E-state index contributed by atoms with van der Waals surface area (Å²) in [6.45, 7) is 4.10. The van der Waals surface area contributed by atoms with Crippen LogP contribution in [0.2, 0.25) is 0 Å². The smallest absolute Gasteiger partial charge is 0.112 e. The highest BCUT2D eigenvalue weighted by atomic mass is 16.5. The van der Waals surface area contributed by atoms with Crippen LogP contribution < -0.4 is 5.32 Å². The van der Waals surface area contributed by atoms with Crippen molar-refractivity contribution in [1.29, 1.82) is 0 Å². The molecule has 0 aromatic carbocycles. The molecule has 0 radical (unpaired) electrons. The quantitative estimate of drug-likeness (QED) is 0.773. The molecule has 2 atom stereocenters. The van der Waals surface area contributed by atoms with Crippen LogP contribution in [0, 0.1) is 5.92 Å². The summed E-state index contributed by atoms with van der Waals surface area (Å²) in [5.74, 6) is 1.80. The molecule has 0 aromatic heterocycles. The molecule has 0 amide bonds. The van der Waals surface area contributed by atoms with Crippen molar-refractivity contribution < 1.29 is 9.47 Å². The molecule has 116 valence electrons. The lowest BCUT2D eigenvalue weighted by Crippen LogP contribution is -2.48. The molecule has 1 N–H and O–H groups in total. The highest BCUT2D eigenvalue weighted by Crippen LogP contribution is 2.31. The summed E-state index contributed by atoms with van der Waals surface area (Å²) in [5.41, 5.74) is 0. The molecule has 1 aliphatic heterocycles. The molecule has 3 nitrogen and oxygen atoms in total. The van der Waals surface area contributed by atoms with Gasteiger partial charge in [-0.3, -0.25) is 0 Å². The minimum atomic E-state index is 0.239. The van der Waals surface area contributed by atoms with Gasteiger partial charge in [-0.05, 0) is 50.6 Å². The van der Waals surface area contributed by atoms with Crippen LogP contribution in [0.3, 0.4) is 0 Å². The van der Waals surface area contributed by atoms with Gasteiger partial charge in [-0.1, -0.05) is 26.2 Å². The van der Waals surface area contributed by atoms with Crippen LogP contribution in [-0.2, 0) is 9.47 Å². The first-order valence-corrected chi connectivity index (χ1v) is 8.45. The molecule has 1 aliphatic carbocycles. The molecular weight excluding hydrogens is 250 g/mol. The molecule has 20 heavy (non-hydrogen) atoms. The molecule has 3 heteroatoms. The second-order valence-electron chi connectivity index (χ2n) is 6.13. The first-order valence-electron chi connectivity index (χ1n) is 8.45. The van der Waals surface area contributed by atoms with E-state index in [4.69, 9.17) is 9.47 Å². The van der Waals surface area contributed by atoms with Crippen molar-refractivity contribution in [2.75, 3.05) is 20.3 Å². The van der Waals surface area contributed by atoms with Gasteiger partial charge in [0, 0.05) is 7.11 Å². The average molecular weight is 281 g/mol. The second-order valence-corrected chi connectivity index (χ2v) is 6.13. The van der Waals surface area contributed by atoms with Crippen LogP contribution >= 0.6 is 0 Å². The van der Waals surface area contributed by atoms with E-state index in [1.54, 1.807) is 0 Å². The molecule has 1 heterocycles. The summed E-state index contributed by atoms with van der Waals surface area (Å²) < 4.78 is 11.8. The van der Waals surface area contributed by atoms with Crippen molar-refractivity contribution in [2.45, 2.75) is 70.4 Å². The summed E-state index contributed by atoms with van der Waals surface area (Å²) in [4.78, 5) is 0. The van der Waals surface area contributed by atoms with E-state index < -0.39 is 0 Å². The third-order valence-electron chi connectivity index (χ3n) is 4.60. The first kappa shape index (κ1) is 15.8. The van der Waals surface area contributed by atoms with E-state index in [2.05, 4.69) is 18.3 Å². The van der Waals surface area contributed by atoms with Crippen molar-refractivity contribution in [2.24, 2.45) is 5.92 Å². The summed E-state index contributed by atoms with van der Waals surface area (Å²) in [6, 6.07) is 0.239. The maximum Gasteiger partial charge on any atom is 0.112 e. The Morgan fingerprint density at radius 1 is 1.30 bits per heavy atom. The van der Waals surface area contributed by atoms with Crippen LogP contribution in [0.5, 0.6) is 0 Å². The Hall–Kier alpha value is -0.540. The molecule has 0 spiro atoms. The summed E-state index contributed by atoms with van der Waals surface area (Å²) >= 11 is 0. The van der Waals surface area contributed by atoms with Gasteiger partial charge in [0.05, 0.1) is 18.8 Å². The number of rotatable bonds is 7. The predicted molar refractivity (Wildman–Crippen MR) is 82.7 cm³/mol. The number of hydrogen-bond donors (Lipinski definition) is 1. The highest BCUT2D eigenvalue weighted by molar-refractivity contribution is 5.09. The number of allylic oxidation sites excluding steroid dienone is 1. The van der Waals surface area contributed by atoms with Crippen molar-refractivity contribution in [3.05, 3.63) is 11.8 Å². The molecule has 1 fully saturated rings. The van der Waals surface area contributed by atoms with E-state index in [9.17, 15) is 0 Å². The molecule has 2 rings (SSSR count). The topological polar surface area (TPSA) is 30.5 Å². The van der Waals surface area contributed by atoms with Crippen molar-refractivity contribution in [3.63, 3.8) is 0 Å². The van der Waals surface area contributed by atoms with E-state index >= 15 is 0 Å². The van der Waals surface area contributed by atoms with Gasteiger partial charge in [0.1, 0.15) is 5.76 Å². The van der Waals surface area contributed by atoms with Gasteiger partial charge >= 0.3 is 0 Å². The van der Waals surface area contributed by atoms with Gasteiger partial charge < -0.3 is 14.8 Å². The number of nitrogens with one attached hydrogen (secondary N) is 1. The SMILES string of the molecule is CCCNC(C1=CCCCO1)C(OC)C1CCCCC1. The largest absolute Gasteiger partial charge is 0.496 e. The fourth-order valence-corrected chi connectivity index (χ4v) is 3.54. The van der Waals surface area contributed by atoms with Gasteiger partial charge in [0.2, 0.25) is 0 Å². The number of ether oxygens (including phenoxy) is 2. The Labute approximate surface area is 124 Å².